The lowest BCUT2D eigenvalue weighted by molar-refractivity contribution is 0.614. The number of rotatable bonds is 6. The highest BCUT2D eigenvalue weighted by Gasteiger charge is 2.11. The van der Waals surface area contributed by atoms with Gasteiger partial charge in [0.1, 0.15) is 5.82 Å². The minimum atomic E-state index is -0.0907. The van der Waals surface area contributed by atoms with Crippen LogP contribution in [0.25, 0.3) is 0 Å². The van der Waals surface area contributed by atoms with Crippen LogP contribution in [0, 0.1) is 0 Å². The molecule has 4 nitrogen and oxygen atoms in total. The van der Waals surface area contributed by atoms with Crippen LogP contribution in [-0.2, 0) is 12.8 Å². The molecule has 1 atom stereocenters. The van der Waals surface area contributed by atoms with Gasteiger partial charge in [-0.25, -0.2) is 4.98 Å². The van der Waals surface area contributed by atoms with Crippen LogP contribution in [0.4, 0.5) is 0 Å². The molecule has 0 saturated carbocycles. The average molecular weight is 244 g/mol. The van der Waals surface area contributed by atoms with Crippen molar-refractivity contribution in [1.29, 1.82) is 0 Å². The maximum absolute atomic E-state index is 6.11. The smallest absolute Gasteiger partial charge is 0.167 e. The van der Waals surface area contributed by atoms with E-state index < -0.39 is 0 Å². The molecule has 18 heavy (non-hydrogen) atoms. The summed E-state index contributed by atoms with van der Waals surface area (Å²) < 4.78 is 0. The number of nitrogens with one attached hydrogen (secondary N) is 1. The van der Waals surface area contributed by atoms with Gasteiger partial charge in [-0.15, -0.1) is 0 Å². The second kappa shape index (κ2) is 6.31. The third-order valence-electron chi connectivity index (χ3n) is 2.95. The Morgan fingerprint density at radius 1 is 1.22 bits per heavy atom. The fourth-order valence-corrected chi connectivity index (χ4v) is 1.92. The lowest BCUT2D eigenvalue weighted by Crippen LogP contribution is -2.13. The maximum atomic E-state index is 6.11. The molecule has 0 aliphatic carbocycles. The summed E-state index contributed by atoms with van der Waals surface area (Å²) >= 11 is 0. The highest BCUT2D eigenvalue weighted by Crippen LogP contribution is 2.13. The fraction of sp³-hybridized carbons (Fsp3) is 0.429. The maximum Gasteiger partial charge on any atom is 0.167 e. The Balaban J connectivity index is 1.89. The Bertz CT molecular complexity index is 464. The number of aryl methyl sites for hydroxylation is 2. The first-order chi connectivity index (χ1) is 8.79. The van der Waals surface area contributed by atoms with Crippen molar-refractivity contribution in [3.8, 4) is 0 Å². The topological polar surface area (TPSA) is 67.6 Å². The highest BCUT2D eigenvalue weighted by molar-refractivity contribution is 5.15. The van der Waals surface area contributed by atoms with Gasteiger partial charge < -0.3 is 5.73 Å². The Morgan fingerprint density at radius 3 is 2.72 bits per heavy atom. The predicted molar refractivity (Wildman–Crippen MR) is 72.1 cm³/mol. The number of H-pyrrole nitrogens is 1. The third-order valence-corrected chi connectivity index (χ3v) is 2.95. The van der Waals surface area contributed by atoms with Gasteiger partial charge in [-0.3, -0.25) is 5.10 Å². The minimum Gasteiger partial charge on any atom is -0.321 e. The number of hydrogen-bond acceptors (Lipinski definition) is 3. The molecule has 0 aliphatic rings. The highest BCUT2D eigenvalue weighted by atomic mass is 15.2. The van der Waals surface area contributed by atoms with E-state index in [1.165, 1.54) is 5.56 Å². The molecular formula is C14H20N4. The average Bonchev–Trinajstić information content (AvgIpc) is 2.86. The standard InChI is InChI=1S/C14H20N4/c1-2-6-13-16-14(18-17-13)12(15)10-9-11-7-4-3-5-8-11/h3-5,7-8,12H,2,6,9-10,15H2,1H3,(H,16,17,18). The first-order valence-electron chi connectivity index (χ1n) is 6.50. The van der Waals surface area contributed by atoms with Gasteiger partial charge in [-0.1, -0.05) is 37.3 Å². The molecule has 0 aliphatic heterocycles. The van der Waals surface area contributed by atoms with E-state index in [1.54, 1.807) is 0 Å². The summed E-state index contributed by atoms with van der Waals surface area (Å²) in [5, 5.41) is 7.13. The summed E-state index contributed by atoms with van der Waals surface area (Å²) in [7, 11) is 0. The molecule has 0 fully saturated rings. The second-order valence-electron chi connectivity index (χ2n) is 4.52. The summed E-state index contributed by atoms with van der Waals surface area (Å²) in [6, 6.07) is 10.3. The van der Waals surface area contributed by atoms with Crippen molar-refractivity contribution in [2.24, 2.45) is 5.73 Å². The van der Waals surface area contributed by atoms with Crippen LogP contribution in [0.2, 0.25) is 0 Å². The van der Waals surface area contributed by atoms with Gasteiger partial charge in [0.05, 0.1) is 6.04 Å². The van der Waals surface area contributed by atoms with Gasteiger partial charge in [-0.05, 0) is 24.8 Å². The van der Waals surface area contributed by atoms with Gasteiger partial charge in [0.15, 0.2) is 5.82 Å². The normalized spacial score (nSPS) is 12.6. The molecule has 0 saturated heterocycles. The predicted octanol–water partition coefficient (Wildman–Crippen LogP) is 2.39. The van der Waals surface area contributed by atoms with Crippen molar-refractivity contribution in [2.45, 2.75) is 38.6 Å². The zero-order chi connectivity index (χ0) is 12.8. The van der Waals surface area contributed by atoms with Gasteiger partial charge in [0, 0.05) is 6.42 Å². The first kappa shape index (κ1) is 12.8. The molecule has 1 heterocycles. The van der Waals surface area contributed by atoms with E-state index in [2.05, 4.69) is 34.2 Å². The third kappa shape index (κ3) is 3.40. The molecule has 3 N–H and O–H groups in total. The number of aromatic amines is 1. The number of benzene rings is 1. The number of hydrogen-bond donors (Lipinski definition) is 2. The summed E-state index contributed by atoms with van der Waals surface area (Å²) in [5.41, 5.74) is 7.41. The summed E-state index contributed by atoms with van der Waals surface area (Å²) in [4.78, 5) is 4.42. The van der Waals surface area contributed by atoms with Crippen molar-refractivity contribution in [3.63, 3.8) is 0 Å². The van der Waals surface area contributed by atoms with Crippen molar-refractivity contribution in [2.75, 3.05) is 0 Å². The molecular weight excluding hydrogens is 224 g/mol. The number of nitrogens with zero attached hydrogens (tertiary/aromatic N) is 2. The molecule has 96 valence electrons. The van der Waals surface area contributed by atoms with Crippen LogP contribution in [0.15, 0.2) is 30.3 Å². The largest absolute Gasteiger partial charge is 0.321 e. The molecule has 0 bridgehead atoms. The Hall–Kier alpha value is -1.68. The molecule has 1 aromatic heterocycles. The SMILES string of the molecule is CCCc1nc(C(N)CCc2ccccc2)n[nH]1. The Kier molecular flexibility index (Phi) is 4.47. The van der Waals surface area contributed by atoms with Gasteiger partial charge in [-0.2, -0.15) is 5.10 Å². The van der Waals surface area contributed by atoms with Crippen molar-refractivity contribution < 1.29 is 0 Å². The Labute approximate surface area is 108 Å². The quantitative estimate of drug-likeness (QED) is 0.819. The molecule has 4 heteroatoms. The Morgan fingerprint density at radius 2 is 2.00 bits per heavy atom. The first-order valence-corrected chi connectivity index (χ1v) is 6.50. The molecule has 2 aromatic rings. The molecule has 2 rings (SSSR count). The van der Waals surface area contributed by atoms with E-state index in [0.717, 1.165) is 37.3 Å². The number of nitrogens with two attached hydrogens (primary N) is 1. The van der Waals surface area contributed by atoms with Gasteiger partial charge in [0.2, 0.25) is 0 Å². The van der Waals surface area contributed by atoms with Crippen molar-refractivity contribution >= 4 is 0 Å². The van der Waals surface area contributed by atoms with Crippen LogP contribution in [0.5, 0.6) is 0 Å². The van der Waals surface area contributed by atoms with Crippen LogP contribution < -0.4 is 5.73 Å². The van der Waals surface area contributed by atoms with E-state index in [0.29, 0.717) is 0 Å². The van der Waals surface area contributed by atoms with Crippen LogP contribution >= 0.6 is 0 Å². The molecule has 1 unspecified atom stereocenters. The molecule has 1 aromatic carbocycles. The molecule has 0 spiro atoms. The zero-order valence-corrected chi connectivity index (χ0v) is 10.8. The molecule has 0 amide bonds. The number of aromatic nitrogens is 3. The van der Waals surface area contributed by atoms with Crippen LogP contribution in [0.3, 0.4) is 0 Å². The van der Waals surface area contributed by atoms with E-state index >= 15 is 0 Å². The van der Waals surface area contributed by atoms with E-state index in [4.69, 9.17) is 5.73 Å². The molecule has 0 radical (unpaired) electrons. The monoisotopic (exact) mass is 244 g/mol. The lowest BCUT2D eigenvalue weighted by Gasteiger charge is -2.07. The van der Waals surface area contributed by atoms with Crippen molar-refractivity contribution in [1.82, 2.24) is 15.2 Å². The van der Waals surface area contributed by atoms with E-state index in [-0.39, 0.29) is 6.04 Å². The van der Waals surface area contributed by atoms with Crippen LogP contribution in [-0.4, -0.2) is 15.2 Å². The fourth-order valence-electron chi connectivity index (χ4n) is 1.92. The summed E-state index contributed by atoms with van der Waals surface area (Å²) in [5.74, 6) is 1.66. The van der Waals surface area contributed by atoms with E-state index in [9.17, 15) is 0 Å². The minimum absolute atomic E-state index is 0.0907. The lowest BCUT2D eigenvalue weighted by atomic mass is 10.1. The second-order valence-corrected chi connectivity index (χ2v) is 4.52. The van der Waals surface area contributed by atoms with Gasteiger partial charge >= 0.3 is 0 Å². The van der Waals surface area contributed by atoms with Crippen molar-refractivity contribution in [3.05, 3.63) is 47.5 Å². The van der Waals surface area contributed by atoms with Gasteiger partial charge in [0.25, 0.3) is 0 Å². The zero-order valence-electron chi connectivity index (χ0n) is 10.8. The van der Waals surface area contributed by atoms with Crippen LogP contribution in [0.1, 0.15) is 43.0 Å². The summed E-state index contributed by atoms with van der Waals surface area (Å²) in [6.07, 6.45) is 3.82. The van der Waals surface area contributed by atoms with E-state index in [1.807, 2.05) is 18.2 Å². The summed E-state index contributed by atoms with van der Waals surface area (Å²) in [6.45, 7) is 2.12.